The minimum atomic E-state index is -0.292. The number of halogens is 1. The molecule has 0 aliphatic rings. The fraction of sp³-hybridized carbons (Fsp3) is 0.154. The number of benzene rings is 1. The number of rotatable bonds is 2. The van der Waals surface area contributed by atoms with Gasteiger partial charge in [-0.05, 0) is 36.1 Å². The van der Waals surface area contributed by atoms with E-state index in [1.165, 1.54) is 22.6 Å². The highest BCUT2D eigenvalue weighted by molar-refractivity contribution is 7.10. The van der Waals surface area contributed by atoms with Crippen LogP contribution in [0.4, 0.5) is 10.3 Å². The molecule has 0 saturated heterocycles. The van der Waals surface area contributed by atoms with Crippen LogP contribution in [0.5, 0.6) is 0 Å². The van der Waals surface area contributed by atoms with Crippen LogP contribution in [0.3, 0.4) is 0 Å². The van der Waals surface area contributed by atoms with Crippen LogP contribution in [0.2, 0.25) is 0 Å². The summed E-state index contributed by atoms with van der Waals surface area (Å²) in [6.45, 7) is 2.75. The normalized spacial score (nSPS) is 11.2. The van der Waals surface area contributed by atoms with Crippen LogP contribution in [-0.2, 0) is 6.54 Å². The number of imidazole rings is 1. The van der Waals surface area contributed by atoms with E-state index in [1.807, 2.05) is 4.57 Å². The SMILES string of the molecule is Cc1ccsc1Cn1c(N)nc2cc(F)ccc21. The van der Waals surface area contributed by atoms with E-state index in [2.05, 4.69) is 23.4 Å². The van der Waals surface area contributed by atoms with Crippen molar-refractivity contribution in [1.82, 2.24) is 9.55 Å². The molecule has 0 fully saturated rings. The molecule has 0 atom stereocenters. The first-order chi connectivity index (χ1) is 8.65. The van der Waals surface area contributed by atoms with Gasteiger partial charge >= 0.3 is 0 Å². The number of hydrogen-bond acceptors (Lipinski definition) is 3. The average molecular weight is 261 g/mol. The van der Waals surface area contributed by atoms with Gasteiger partial charge in [0.05, 0.1) is 17.6 Å². The predicted octanol–water partition coefficient (Wildman–Crippen LogP) is 3.18. The van der Waals surface area contributed by atoms with Gasteiger partial charge in [0.25, 0.3) is 0 Å². The number of aryl methyl sites for hydroxylation is 1. The van der Waals surface area contributed by atoms with Gasteiger partial charge in [-0.2, -0.15) is 0 Å². The zero-order chi connectivity index (χ0) is 12.7. The number of nitrogens with two attached hydrogens (primary N) is 1. The van der Waals surface area contributed by atoms with Crippen LogP contribution in [0.25, 0.3) is 11.0 Å². The minimum Gasteiger partial charge on any atom is -0.369 e. The van der Waals surface area contributed by atoms with E-state index in [1.54, 1.807) is 17.4 Å². The lowest BCUT2D eigenvalue weighted by Gasteiger charge is -2.05. The standard InChI is InChI=1S/C13H12FN3S/c1-8-4-5-18-12(8)7-17-11-3-2-9(14)6-10(11)16-13(17)15/h2-6H,7H2,1H3,(H2,15,16). The molecular weight excluding hydrogens is 249 g/mol. The van der Waals surface area contributed by atoms with Crippen molar-refractivity contribution < 1.29 is 4.39 Å². The van der Waals surface area contributed by atoms with E-state index in [-0.39, 0.29) is 5.82 Å². The fourth-order valence-electron chi connectivity index (χ4n) is 2.00. The van der Waals surface area contributed by atoms with Crippen molar-refractivity contribution >= 4 is 28.3 Å². The Morgan fingerprint density at radius 1 is 1.39 bits per heavy atom. The van der Waals surface area contributed by atoms with Crippen LogP contribution in [-0.4, -0.2) is 9.55 Å². The minimum absolute atomic E-state index is 0.292. The van der Waals surface area contributed by atoms with Crippen molar-refractivity contribution in [3.63, 3.8) is 0 Å². The van der Waals surface area contributed by atoms with Gasteiger partial charge in [0.1, 0.15) is 5.82 Å². The van der Waals surface area contributed by atoms with Crippen LogP contribution in [0.1, 0.15) is 10.4 Å². The molecule has 1 aromatic carbocycles. The molecule has 3 nitrogen and oxygen atoms in total. The first-order valence-electron chi connectivity index (χ1n) is 5.59. The zero-order valence-corrected chi connectivity index (χ0v) is 10.7. The third-order valence-electron chi connectivity index (χ3n) is 3.01. The molecule has 2 aromatic heterocycles. The Balaban J connectivity index is 2.11. The summed E-state index contributed by atoms with van der Waals surface area (Å²) in [4.78, 5) is 5.43. The predicted molar refractivity (Wildman–Crippen MR) is 72.3 cm³/mol. The van der Waals surface area contributed by atoms with E-state index < -0.39 is 0 Å². The summed E-state index contributed by atoms with van der Waals surface area (Å²) in [6, 6.07) is 6.64. The van der Waals surface area contributed by atoms with Crippen molar-refractivity contribution in [1.29, 1.82) is 0 Å². The lowest BCUT2D eigenvalue weighted by molar-refractivity contribution is 0.629. The molecule has 0 saturated carbocycles. The number of hydrogen-bond donors (Lipinski definition) is 1. The second kappa shape index (κ2) is 4.10. The summed E-state index contributed by atoms with van der Waals surface area (Å²) in [5, 5.41) is 2.06. The Bertz CT molecular complexity index is 714. The summed E-state index contributed by atoms with van der Waals surface area (Å²) >= 11 is 1.69. The Morgan fingerprint density at radius 3 is 2.94 bits per heavy atom. The summed E-state index contributed by atoms with van der Waals surface area (Å²) in [6.07, 6.45) is 0. The van der Waals surface area contributed by atoms with E-state index in [0.717, 1.165) is 5.52 Å². The maximum Gasteiger partial charge on any atom is 0.201 e. The highest BCUT2D eigenvalue weighted by Crippen LogP contribution is 2.23. The number of fused-ring (bicyclic) bond motifs is 1. The summed E-state index contributed by atoms with van der Waals surface area (Å²) < 4.78 is 15.0. The Labute approximate surface area is 108 Å². The molecule has 2 heterocycles. The van der Waals surface area contributed by atoms with E-state index in [4.69, 9.17) is 5.73 Å². The van der Waals surface area contributed by atoms with E-state index in [9.17, 15) is 4.39 Å². The van der Waals surface area contributed by atoms with E-state index in [0.29, 0.717) is 18.0 Å². The molecule has 0 aliphatic heterocycles. The Kier molecular flexibility index (Phi) is 2.56. The van der Waals surface area contributed by atoms with Gasteiger partial charge in [-0.3, -0.25) is 0 Å². The second-order valence-electron chi connectivity index (χ2n) is 4.22. The monoisotopic (exact) mass is 261 g/mol. The van der Waals surface area contributed by atoms with Crippen molar-refractivity contribution in [2.24, 2.45) is 0 Å². The zero-order valence-electron chi connectivity index (χ0n) is 9.85. The van der Waals surface area contributed by atoms with Crippen LogP contribution >= 0.6 is 11.3 Å². The molecule has 0 amide bonds. The summed E-state index contributed by atoms with van der Waals surface area (Å²) in [5.74, 6) is 0.128. The highest BCUT2D eigenvalue weighted by Gasteiger charge is 2.10. The Morgan fingerprint density at radius 2 is 2.22 bits per heavy atom. The molecule has 18 heavy (non-hydrogen) atoms. The van der Waals surface area contributed by atoms with Crippen molar-refractivity contribution in [3.05, 3.63) is 45.9 Å². The number of aromatic nitrogens is 2. The average Bonchev–Trinajstić information content (AvgIpc) is 2.85. The van der Waals surface area contributed by atoms with Gasteiger partial charge in [-0.25, -0.2) is 9.37 Å². The highest BCUT2D eigenvalue weighted by atomic mass is 32.1. The number of nitrogens with zero attached hydrogens (tertiary/aromatic N) is 2. The maximum absolute atomic E-state index is 13.1. The molecule has 0 bridgehead atoms. The third kappa shape index (κ3) is 1.76. The van der Waals surface area contributed by atoms with Crippen LogP contribution < -0.4 is 5.73 Å². The molecule has 0 aliphatic carbocycles. The fourth-order valence-corrected chi connectivity index (χ4v) is 2.89. The lowest BCUT2D eigenvalue weighted by Crippen LogP contribution is -2.04. The summed E-state index contributed by atoms with van der Waals surface area (Å²) in [7, 11) is 0. The molecule has 0 unspecified atom stereocenters. The topological polar surface area (TPSA) is 43.8 Å². The molecule has 0 radical (unpaired) electrons. The largest absolute Gasteiger partial charge is 0.369 e. The number of thiophene rings is 1. The van der Waals surface area contributed by atoms with Crippen LogP contribution in [0.15, 0.2) is 29.6 Å². The first kappa shape index (κ1) is 11.2. The Hall–Kier alpha value is -1.88. The van der Waals surface area contributed by atoms with Gasteiger partial charge in [0.15, 0.2) is 0 Å². The first-order valence-corrected chi connectivity index (χ1v) is 6.47. The molecular formula is C13H12FN3S. The van der Waals surface area contributed by atoms with Gasteiger partial charge in [-0.1, -0.05) is 0 Å². The maximum atomic E-state index is 13.1. The van der Waals surface area contributed by atoms with Gasteiger partial charge in [0.2, 0.25) is 5.95 Å². The number of nitrogen functional groups attached to an aromatic ring is 1. The van der Waals surface area contributed by atoms with Crippen molar-refractivity contribution in [3.8, 4) is 0 Å². The lowest BCUT2D eigenvalue weighted by atomic mass is 10.2. The molecule has 0 spiro atoms. The van der Waals surface area contributed by atoms with E-state index >= 15 is 0 Å². The van der Waals surface area contributed by atoms with Crippen LogP contribution in [0, 0.1) is 12.7 Å². The van der Waals surface area contributed by atoms with Crippen molar-refractivity contribution in [2.45, 2.75) is 13.5 Å². The smallest absolute Gasteiger partial charge is 0.201 e. The molecule has 3 aromatic rings. The third-order valence-corrected chi connectivity index (χ3v) is 4.02. The van der Waals surface area contributed by atoms with Gasteiger partial charge in [0, 0.05) is 10.9 Å². The second-order valence-corrected chi connectivity index (χ2v) is 5.22. The summed E-state index contributed by atoms with van der Waals surface area (Å²) in [5.41, 5.74) is 8.60. The number of anilines is 1. The molecule has 5 heteroatoms. The van der Waals surface area contributed by atoms with Gasteiger partial charge in [-0.15, -0.1) is 11.3 Å². The molecule has 3 rings (SSSR count). The van der Waals surface area contributed by atoms with Gasteiger partial charge < -0.3 is 10.3 Å². The molecule has 2 N–H and O–H groups in total. The van der Waals surface area contributed by atoms with Crippen molar-refractivity contribution in [2.75, 3.05) is 5.73 Å². The molecule has 92 valence electrons. The quantitative estimate of drug-likeness (QED) is 0.770.